The fraction of sp³-hybridized carbons (Fsp3) is 0.545. The number of ether oxygens (including phenoxy) is 1. The Morgan fingerprint density at radius 1 is 1.43 bits per heavy atom. The first-order valence-corrected chi connectivity index (χ1v) is 5.05. The maximum Gasteiger partial charge on any atom is 0.149 e. The van der Waals surface area contributed by atoms with Gasteiger partial charge in [0.25, 0.3) is 0 Å². The first kappa shape index (κ1) is 9.62. The van der Waals surface area contributed by atoms with Gasteiger partial charge in [-0.1, -0.05) is 18.2 Å². The lowest BCUT2D eigenvalue weighted by Gasteiger charge is -2.33. The Morgan fingerprint density at radius 3 is 2.79 bits per heavy atom. The summed E-state index contributed by atoms with van der Waals surface area (Å²) in [5, 5.41) is 0. The standard InChI is InChI=1S/C11H15NO2/c13-9-10-1-3-11(4-2-10)12-5-7-14-8-6-12/h1-3,9,11H,4-8H2. The number of nitrogens with zero attached hydrogens (tertiary/aromatic N) is 1. The van der Waals surface area contributed by atoms with Gasteiger partial charge in [0.15, 0.2) is 0 Å². The highest BCUT2D eigenvalue weighted by molar-refractivity contribution is 5.77. The molecular weight excluding hydrogens is 178 g/mol. The van der Waals surface area contributed by atoms with Crippen LogP contribution in [0.3, 0.4) is 0 Å². The predicted octanol–water partition coefficient (Wildman–Crippen LogP) is 0.772. The first-order chi connectivity index (χ1) is 6.90. The number of morpholine rings is 1. The zero-order chi connectivity index (χ0) is 9.80. The molecule has 1 heterocycles. The number of hydrogen-bond acceptors (Lipinski definition) is 3. The second kappa shape index (κ2) is 4.53. The molecule has 0 aromatic heterocycles. The van der Waals surface area contributed by atoms with Crippen LogP contribution in [0.5, 0.6) is 0 Å². The minimum absolute atomic E-state index is 0.461. The maximum absolute atomic E-state index is 10.5. The second-order valence-electron chi connectivity index (χ2n) is 3.63. The van der Waals surface area contributed by atoms with Crippen molar-refractivity contribution >= 4 is 6.29 Å². The van der Waals surface area contributed by atoms with Crippen LogP contribution in [-0.2, 0) is 9.53 Å². The van der Waals surface area contributed by atoms with E-state index in [1.54, 1.807) is 0 Å². The summed E-state index contributed by atoms with van der Waals surface area (Å²) in [6.07, 6.45) is 7.90. The predicted molar refractivity (Wildman–Crippen MR) is 54.1 cm³/mol. The number of aldehydes is 1. The highest BCUT2D eigenvalue weighted by Crippen LogP contribution is 2.15. The van der Waals surface area contributed by atoms with Gasteiger partial charge in [0.2, 0.25) is 0 Å². The molecule has 1 atom stereocenters. The largest absolute Gasteiger partial charge is 0.379 e. The molecule has 0 aromatic rings. The summed E-state index contributed by atoms with van der Waals surface area (Å²) < 4.78 is 5.30. The highest BCUT2D eigenvalue weighted by Gasteiger charge is 2.19. The molecule has 0 N–H and O–H groups in total. The van der Waals surface area contributed by atoms with E-state index in [0.29, 0.717) is 6.04 Å². The Labute approximate surface area is 84.0 Å². The van der Waals surface area contributed by atoms with E-state index in [2.05, 4.69) is 11.0 Å². The summed E-state index contributed by atoms with van der Waals surface area (Å²) in [7, 11) is 0. The van der Waals surface area contributed by atoms with E-state index in [4.69, 9.17) is 4.74 Å². The highest BCUT2D eigenvalue weighted by atomic mass is 16.5. The van der Waals surface area contributed by atoms with Crippen LogP contribution in [0.4, 0.5) is 0 Å². The van der Waals surface area contributed by atoms with Gasteiger partial charge in [0.05, 0.1) is 13.2 Å². The first-order valence-electron chi connectivity index (χ1n) is 5.05. The smallest absolute Gasteiger partial charge is 0.149 e. The van der Waals surface area contributed by atoms with Crippen LogP contribution in [0.1, 0.15) is 6.42 Å². The van der Waals surface area contributed by atoms with Crippen LogP contribution >= 0.6 is 0 Å². The van der Waals surface area contributed by atoms with Gasteiger partial charge in [-0.3, -0.25) is 9.69 Å². The Bertz CT molecular complexity index is 264. The Kier molecular flexibility index (Phi) is 3.11. The van der Waals surface area contributed by atoms with Crippen molar-refractivity contribution in [3.8, 4) is 0 Å². The van der Waals surface area contributed by atoms with Crippen molar-refractivity contribution < 1.29 is 9.53 Å². The number of hydrogen-bond donors (Lipinski definition) is 0. The van der Waals surface area contributed by atoms with Crippen molar-refractivity contribution in [1.82, 2.24) is 4.90 Å². The molecule has 14 heavy (non-hydrogen) atoms. The monoisotopic (exact) mass is 193 g/mol. The Hall–Kier alpha value is -0.930. The van der Waals surface area contributed by atoms with E-state index >= 15 is 0 Å². The number of rotatable bonds is 2. The van der Waals surface area contributed by atoms with Crippen molar-refractivity contribution in [2.24, 2.45) is 0 Å². The molecule has 0 aromatic carbocycles. The molecule has 0 radical (unpaired) electrons. The molecule has 0 saturated carbocycles. The summed E-state index contributed by atoms with van der Waals surface area (Å²) in [5.41, 5.74) is 0.800. The zero-order valence-electron chi connectivity index (χ0n) is 8.19. The van der Waals surface area contributed by atoms with Gasteiger partial charge in [0.1, 0.15) is 6.29 Å². The molecule has 2 aliphatic rings. The molecule has 1 fully saturated rings. The van der Waals surface area contributed by atoms with Crippen LogP contribution in [0.25, 0.3) is 0 Å². The van der Waals surface area contributed by atoms with Crippen molar-refractivity contribution in [2.75, 3.05) is 26.3 Å². The molecule has 0 amide bonds. The van der Waals surface area contributed by atoms with Gasteiger partial charge in [0, 0.05) is 24.7 Å². The van der Waals surface area contributed by atoms with Crippen LogP contribution in [-0.4, -0.2) is 43.5 Å². The van der Waals surface area contributed by atoms with E-state index in [-0.39, 0.29) is 0 Å². The molecule has 1 aliphatic carbocycles. The summed E-state index contributed by atoms with van der Waals surface area (Å²) in [4.78, 5) is 12.9. The topological polar surface area (TPSA) is 29.5 Å². The van der Waals surface area contributed by atoms with E-state index in [0.717, 1.165) is 44.6 Å². The quantitative estimate of drug-likeness (QED) is 0.607. The van der Waals surface area contributed by atoms with E-state index in [1.807, 2.05) is 12.2 Å². The molecule has 0 bridgehead atoms. The second-order valence-corrected chi connectivity index (χ2v) is 3.63. The zero-order valence-corrected chi connectivity index (χ0v) is 8.19. The molecular formula is C11H15NO2. The lowest BCUT2D eigenvalue weighted by atomic mass is 10.0. The van der Waals surface area contributed by atoms with Crippen molar-refractivity contribution in [3.05, 3.63) is 23.8 Å². The molecule has 76 valence electrons. The van der Waals surface area contributed by atoms with Gasteiger partial charge in [-0.05, 0) is 6.42 Å². The van der Waals surface area contributed by atoms with Crippen LogP contribution in [0.15, 0.2) is 23.8 Å². The molecule has 1 aliphatic heterocycles. The molecule has 1 saturated heterocycles. The van der Waals surface area contributed by atoms with Gasteiger partial charge >= 0.3 is 0 Å². The van der Waals surface area contributed by atoms with Gasteiger partial charge in [-0.15, -0.1) is 0 Å². The fourth-order valence-electron chi connectivity index (χ4n) is 1.89. The average molecular weight is 193 g/mol. The molecule has 1 unspecified atom stereocenters. The number of carbonyl (C=O) groups excluding carboxylic acids is 1. The van der Waals surface area contributed by atoms with Crippen molar-refractivity contribution in [1.29, 1.82) is 0 Å². The summed E-state index contributed by atoms with van der Waals surface area (Å²) in [6.45, 7) is 3.65. The third-order valence-electron chi connectivity index (χ3n) is 2.76. The van der Waals surface area contributed by atoms with Crippen LogP contribution in [0, 0.1) is 0 Å². The number of carbonyl (C=O) groups is 1. The Balaban J connectivity index is 1.92. The van der Waals surface area contributed by atoms with Crippen molar-refractivity contribution in [2.45, 2.75) is 12.5 Å². The molecule has 3 nitrogen and oxygen atoms in total. The third-order valence-corrected chi connectivity index (χ3v) is 2.76. The molecule has 0 spiro atoms. The maximum atomic E-state index is 10.5. The normalized spacial score (nSPS) is 28.6. The van der Waals surface area contributed by atoms with E-state index in [1.165, 1.54) is 0 Å². The average Bonchev–Trinajstić information content (AvgIpc) is 2.30. The van der Waals surface area contributed by atoms with Gasteiger partial charge < -0.3 is 4.74 Å². The SMILES string of the molecule is O=CC1=CCC(N2CCOCC2)C=C1. The van der Waals surface area contributed by atoms with E-state index < -0.39 is 0 Å². The van der Waals surface area contributed by atoms with Crippen molar-refractivity contribution in [3.63, 3.8) is 0 Å². The number of allylic oxidation sites excluding steroid dienone is 2. The third kappa shape index (κ3) is 2.11. The lowest BCUT2D eigenvalue weighted by molar-refractivity contribution is -0.104. The summed E-state index contributed by atoms with van der Waals surface area (Å²) in [5.74, 6) is 0. The molecule has 3 heteroatoms. The lowest BCUT2D eigenvalue weighted by Crippen LogP contribution is -2.42. The minimum Gasteiger partial charge on any atom is -0.379 e. The minimum atomic E-state index is 0.461. The fourth-order valence-corrected chi connectivity index (χ4v) is 1.89. The summed E-state index contributed by atoms with van der Waals surface area (Å²) >= 11 is 0. The summed E-state index contributed by atoms with van der Waals surface area (Å²) in [6, 6.07) is 0.461. The van der Waals surface area contributed by atoms with Gasteiger partial charge in [-0.25, -0.2) is 0 Å². The van der Waals surface area contributed by atoms with Crippen LogP contribution in [0.2, 0.25) is 0 Å². The van der Waals surface area contributed by atoms with Gasteiger partial charge in [-0.2, -0.15) is 0 Å². The Morgan fingerprint density at radius 2 is 2.21 bits per heavy atom. The van der Waals surface area contributed by atoms with Crippen LogP contribution < -0.4 is 0 Å². The molecule has 2 rings (SSSR count). The van der Waals surface area contributed by atoms with E-state index in [9.17, 15) is 4.79 Å².